The van der Waals surface area contributed by atoms with Crippen LogP contribution in [0.15, 0.2) is 0 Å². The molecule has 2 saturated heterocycles. The lowest BCUT2D eigenvalue weighted by Gasteiger charge is -2.37. The van der Waals surface area contributed by atoms with Gasteiger partial charge in [-0.25, -0.2) is 0 Å². The van der Waals surface area contributed by atoms with Crippen molar-refractivity contribution in [2.45, 2.75) is 51.8 Å². The molecule has 1 aliphatic carbocycles. The number of nitrogens with zero attached hydrogens (tertiary/aromatic N) is 1. The van der Waals surface area contributed by atoms with Gasteiger partial charge in [0.25, 0.3) is 0 Å². The Kier molecular flexibility index (Phi) is 2.16. The molecular formula is C13H23NO. The average Bonchev–Trinajstić information content (AvgIpc) is 2.67. The largest absolute Gasteiger partial charge is 0.363 e. The van der Waals surface area contributed by atoms with Crippen LogP contribution in [0.2, 0.25) is 0 Å². The molecule has 5 atom stereocenters. The van der Waals surface area contributed by atoms with Gasteiger partial charge >= 0.3 is 0 Å². The topological polar surface area (TPSA) is 12.5 Å². The van der Waals surface area contributed by atoms with Crippen LogP contribution in [0, 0.1) is 17.3 Å². The minimum atomic E-state index is 0.415. The first-order valence-corrected chi connectivity index (χ1v) is 6.46. The van der Waals surface area contributed by atoms with E-state index in [2.05, 4.69) is 25.8 Å². The second-order valence-electron chi connectivity index (χ2n) is 6.24. The van der Waals surface area contributed by atoms with Gasteiger partial charge in [0.05, 0.1) is 0 Å². The Hall–Kier alpha value is -0.0800. The van der Waals surface area contributed by atoms with Gasteiger partial charge in [0.15, 0.2) is 0 Å². The summed E-state index contributed by atoms with van der Waals surface area (Å²) >= 11 is 0. The van der Waals surface area contributed by atoms with E-state index in [1.807, 2.05) is 0 Å². The first kappa shape index (κ1) is 10.1. The Bertz CT molecular complexity index is 267. The molecule has 2 heteroatoms. The summed E-state index contributed by atoms with van der Waals surface area (Å²) in [6.45, 7) is 5.86. The van der Waals surface area contributed by atoms with Crippen molar-refractivity contribution in [1.29, 1.82) is 0 Å². The Morgan fingerprint density at radius 2 is 2.13 bits per heavy atom. The number of hydrogen-bond acceptors (Lipinski definition) is 2. The first-order valence-electron chi connectivity index (χ1n) is 6.46. The van der Waals surface area contributed by atoms with Gasteiger partial charge in [-0.2, -0.15) is 0 Å². The molecule has 1 saturated carbocycles. The summed E-state index contributed by atoms with van der Waals surface area (Å²) in [5.74, 6) is 1.81. The predicted molar refractivity (Wildman–Crippen MR) is 60.5 cm³/mol. The van der Waals surface area contributed by atoms with Crippen molar-refractivity contribution in [2.24, 2.45) is 17.3 Å². The zero-order valence-electron chi connectivity index (χ0n) is 10.2. The molecule has 3 rings (SSSR count). The molecule has 2 aliphatic heterocycles. The molecule has 2 nitrogen and oxygen atoms in total. The second-order valence-corrected chi connectivity index (χ2v) is 6.24. The lowest BCUT2D eigenvalue weighted by atomic mass is 9.67. The fourth-order valence-electron chi connectivity index (χ4n) is 4.39. The van der Waals surface area contributed by atoms with E-state index in [1.54, 1.807) is 0 Å². The molecule has 0 N–H and O–H groups in total. The summed E-state index contributed by atoms with van der Waals surface area (Å²) in [6, 6.07) is 0.802. The van der Waals surface area contributed by atoms with Crippen LogP contribution in [0.3, 0.4) is 0 Å². The Balaban J connectivity index is 1.91. The number of hydrogen-bond donors (Lipinski definition) is 0. The molecule has 3 fully saturated rings. The van der Waals surface area contributed by atoms with E-state index in [4.69, 9.17) is 4.74 Å². The molecular weight excluding hydrogens is 186 g/mol. The van der Waals surface area contributed by atoms with Crippen LogP contribution in [0.1, 0.15) is 39.5 Å². The predicted octanol–water partition coefficient (Wildman–Crippen LogP) is 2.49. The highest BCUT2D eigenvalue weighted by Crippen LogP contribution is 2.56. The van der Waals surface area contributed by atoms with Gasteiger partial charge in [0, 0.05) is 18.1 Å². The van der Waals surface area contributed by atoms with Crippen molar-refractivity contribution in [2.75, 3.05) is 13.7 Å². The van der Waals surface area contributed by atoms with E-state index in [-0.39, 0.29) is 0 Å². The van der Waals surface area contributed by atoms with E-state index in [1.165, 1.54) is 25.7 Å². The monoisotopic (exact) mass is 209 g/mol. The SMILES string of the molecule is CC1CCC2C(C1)C1(C)CCOC1N2C. The lowest BCUT2D eigenvalue weighted by Crippen LogP contribution is -2.37. The van der Waals surface area contributed by atoms with E-state index in [9.17, 15) is 0 Å². The molecule has 2 heterocycles. The van der Waals surface area contributed by atoms with Crippen LogP contribution in [-0.4, -0.2) is 30.8 Å². The maximum atomic E-state index is 5.95. The molecule has 0 aromatic rings. The van der Waals surface area contributed by atoms with Gasteiger partial charge in [0.2, 0.25) is 0 Å². The minimum Gasteiger partial charge on any atom is -0.363 e. The van der Waals surface area contributed by atoms with Crippen LogP contribution in [0.25, 0.3) is 0 Å². The van der Waals surface area contributed by atoms with Crippen LogP contribution in [0.4, 0.5) is 0 Å². The highest BCUT2D eigenvalue weighted by molar-refractivity contribution is 5.06. The zero-order chi connectivity index (χ0) is 10.6. The quantitative estimate of drug-likeness (QED) is 0.608. The molecule has 86 valence electrons. The number of rotatable bonds is 0. The van der Waals surface area contributed by atoms with Gasteiger partial charge in [0.1, 0.15) is 6.23 Å². The maximum absolute atomic E-state index is 5.95. The third-order valence-electron chi connectivity index (χ3n) is 5.30. The summed E-state index contributed by atoms with van der Waals surface area (Å²) in [5.41, 5.74) is 0.452. The Labute approximate surface area is 93.0 Å². The van der Waals surface area contributed by atoms with Crippen molar-refractivity contribution in [3.63, 3.8) is 0 Å². The summed E-state index contributed by atoms with van der Waals surface area (Å²) in [6.07, 6.45) is 5.91. The molecule has 0 spiro atoms. The number of fused-ring (bicyclic) bond motifs is 3. The van der Waals surface area contributed by atoms with Gasteiger partial charge < -0.3 is 4.74 Å². The Morgan fingerprint density at radius 1 is 1.33 bits per heavy atom. The van der Waals surface area contributed by atoms with E-state index in [0.717, 1.165) is 24.5 Å². The Morgan fingerprint density at radius 3 is 2.93 bits per heavy atom. The molecule has 0 aromatic heterocycles. The summed E-state index contributed by atoms with van der Waals surface area (Å²) in [7, 11) is 2.27. The summed E-state index contributed by atoms with van der Waals surface area (Å²) in [4.78, 5) is 2.53. The van der Waals surface area contributed by atoms with Gasteiger partial charge in [-0.3, -0.25) is 4.90 Å². The van der Waals surface area contributed by atoms with E-state index in [0.29, 0.717) is 11.6 Å². The van der Waals surface area contributed by atoms with Crippen LogP contribution in [-0.2, 0) is 4.74 Å². The normalized spacial score (nSPS) is 55.4. The van der Waals surface area contributed by atoms with Crippen molar-refractivity contribution in [1.82, 2.24) is 4.90 Å². The van der Waals surface area contributed by atoms with E-state index >= 15 is 0 Å². The first-order chi connectivity index (χ1) is 7.13. The van der Waals surface area contributed by atoms with Crippen molar-refractivity contribution in [3.05, 3.63) is 0 Å². The minimum absolute atomic E-state index is 0.415. The molecule has 0 amide bonds. The highest BCUT2D eigenvalue weighted by atomic mass is 16.5. The second kappa shape index (κ2) is 3.21. The third kappa shape index (κ3) is 1.24. The van der Waals surface area contributed by atoms with Crippen molar-refractivity contribution < 1.29 is 4.74 Å². The third-order valence-corrected chi connectivity index (χ3v) is 5.30. The maximum Gasteiger partial charge on any atom is 0.116 e. The van der Waals surface area contributed by atoms with Gasteiger partial charge in [-0.05, 0) is 44.6 Å². The van der Waals surface area contributed by atoms with Gasteiger partial charge in [-0.15, -0.1) is 0 Å². The molecule has 5 unspecified atom stereocenters. The molecule has 15 heavy (non-hydrogen) atoms. The zero-order valence-corrected chi connectivity index (χ0v) is 10.2. The van der Waals surface area contributed by atoms with Crippen molar-refractivity contribution in [3.8, 4) is 0 Å². The fraction of sp³-hybridized carbons (Fsp3) is 1.00. The molecule has 0 radical (unpaired) electrons. The average molecular weight is 209 g/mol. The number of ether oxygens (including phenoxy) is 1. The fourth-order valence-corrected chi connectivity index (χ4v) is 4.39. The van der Waals surface area contributed by atoms with Crippen molar-refractivity contribution >= 4 is 0 Å². The highest BCUT2D eigenvalue weighted by Gasteiger charge is 2.58. The number of likely N-dealkylation sites (tertiary alicyclic amines) is 1. The molecule has 0 bridgehead atoms. The molecule has 3 aliphatic rings. The van der Waals surface area contributed by atoms with Crippen LogP contribution in [0.5, 0.6) is 0 Å². The smallest absolute Gasteiger partial charge is 0.116 e. The summed E-state index contributed by atoms with van der Waals surface area (Å²) < 4.78 is 5.95. The van der Waals surface area contributed by atoms with Crippen LogP contribution >= 0.6 is 0 Å². The lowest BCUT2D eigenvalue weighted by molar-refractivity contribution is -0.0258. The standard InChI is InChI=1S/C13H23NO/c1-9-4-5-11-10(8-9)13(2)6-7-15-12(13)14(11)3/h9-12H,4-8H2,1-3H3. The van der Waals surface area contributed by atoms with Gasteiger partial charge in [-0.1, -0.05) is 13.8 Å². The summed E-state index contributed by atoms with van der Waals surface area (Å²) in [5, 5.41) is 0. The molecule has 0 aromatic carbocycles. The van der Waals surface area contributed by atoms with E-state index < -0.39 is 0 Å². The van der Waals surface area contributed by atoms with Crippen LogP contribution < -0.4 is 0 Å².